The second kappa shape index (κ2) is 4.24. The van der Waals surface area contributed by atoms with Gasteiger partial charge in [-0.15, -0.1) is 11.6 Å². The van der Waals surface area contributed by atoms with Crippen LogP contribution in [0.5, 0.6) is 0 Å². The minimum Gasteiger partial charge on any atom is -0.126 e. The lowest BCUT2D eigenvalue weighted by atomic mass is 9.67. The second-order valence-electron chi connectivity index (χ2n) is 4.26. The number of hydrogen-bond acceptors (Lipinski definition) is 0. The van der Waals surface area contributed by atoms with Crippen molar-refractivity contribution in [2.45, 2.75) is 25.7 Å². The lowest BCUT2D eigenvalue weighted by Crippen LogP contribution is -2.33. The minimum absolute atomic E-state index is 0.394. The monoisotopic (exact) mass is 272 g/mol. The van der Waals surface area contributed by atoms with Crippen LogP contribution in [0.4, 0.5) is 0 Å². The molecular formula is C12H14BrCl. The van der Waals surface area contributed by atoms with E-state index in [2.05, 4.69) is 40.2 Å². The highest BCUT2D eigenvalue weighted by atomic mass is 79.9. The van der Waals surface area contributed by atoms with Crippen LogP contribution >= 0.6 is 27.5 Å². The predicted molar refractivity (Wildman–Crippen MR) is 64.9 cm³/mol. The number of alkyl halides is 1. The Morgan fingerprint density at radius 3 is 2.50 bits per heavy atom. The summed E-state index contributed by atoms with van der Waals surface area (Å²) in [6.45, 7) is 0. The van der Waals surface area contributed by atoms with Crippen molar-refractivity contribution in [2.24, 2.45) is 5.41 Å². The summed E-state index contributed by atoms with van der Waals surface area (Å²) in [6.07, 6.45) is 5.05. The summed E-state index contributed by atoms with van der Waals surface area (Å²) in [4.78, 5) is 0. The topological polar surface area (TPSA) is 0 Å². The van der Waals surface area contributed by atoms with Gasteiger partial charge in [0, 0.05) is 10.4 Å². The Hall–Kier alpha value is -0.0100. The minimum atomic E-state index is 0.394. The van der Waals surface area contributed by atoms with Crippen LogP contribution in [0.3, 0.4) is 0 Å². The van der Waals surface area contributed by atoms with Gasteiger partial charge in [0.25, 0.3) is 0 Å². The van der Waals surface area contributed by atoms with E-state index in [0.29, 0.717) is 5.41 Å². The highest BCUT2D eigenvalue weighted by Gasteiger charge is 2.36. The molecule has 0 nitrogen and oxygen atoms in total. The van der Waals surface area contributed by atoms with Crippen molar-refractivity contribution in [3.05, 3.63) is 34.3 Å². The van der Waals surface area contributed by atoms with Crippen LogP contribution in [0, 0.1) is 5.41 Å². The van der Waals surface area contributed by atoms with Crippen LogP contribution in [0.2, 0.25) is 0 Å². The first-order chi connectivity index (χ1) is 6.76. The summed E-state index contributed by atoms with van der Waals surface area (Å²) in [7, 11) is 0. The smallest absolute Gasteiger partial charge is 0.0283 e. The Labute approximate surface area is 98.8 Å². The molecule has 0 atom stereocenters. The molecule has 0 heterocycles. The molecule has 0 aliphatic heterocycles. The Morgan fingerprint density at radius 1 is 1.29 bits per heavy atom. The summed E-state index contributed by atoms with van der Waals surface area (Å²) in [6, 6.07) is 8.45. The largest absolute Gasteiger partial charge is 0.126 e. The maximum Gasteiger partial charge on any atom is 0.0283 e. The maximum atomic E-state index is 6.05. The van der Waals surface area contributed by atoms with E-state index in [-0.39, 0.29) is 0 Å². The molecule has 14 heavy (non-hydrogen) atoms. The molecule has 76 valence electrons. The zero-order valence-corrected chi connectivity index (χ0v) is 10.4. The van der Waals surface area contributed by atoms with Gasteiger partial charge in [-0.2, -0.15) is 0 Å². The Morgan fingerprint density at radius 2 is 2.00 bits per heavy atom. The molecule has 2 heteroatoms. The van der Waals surface area contributed by atoms with E-state index in [4.69, 9.17) is 11.6 Å². The quantitative estimate of drug-likeness (QED) is 0.716. The van der Waals surface area contributed by atoms with Gasteiger partial charge >= 0.3 is 0 Å². The molecule has 1 saturated carbocycles. The van der Waals surface area contributed by atoms with Crippen LogP contribution in [0.1, 0.15) is 24.8 Å². The molecular weight excluding hydrogens is 259 g/mol. The Bertz CT molecular complexity index is 312. The average Bonchev–Trinajstić information content (AvgIpc) is 2.14. The standard InChI is InChI=1S/C12H14BrCl/c13-11-5-2-1-4-10(11)8-12(9-14)6-3-7-12/h1-2,4-5H,3,6-9H2. The van der Waals surface area contributed by atoms with E-state index in [9.17, 15) is 0 Å². The molecule has 0 spiro atoms. The highest BCUT2D eigenvalue weighted by Crippen LogP contribution is 2.45. The molecule has 0 radical (unpaired) electrons. The molecule has 1 aromatic rings. The van der Waals surface area contributed by atoms with E-state index in [0.717, 1.165) is 12.3 Å². The maximum absolute atomic E-state index is 6.05. The SMILES string of the molecule is ClCC1(Cc2ccccc2Br)CCC1. The Kier molecular flexibility index (Phi) is 3.18. The van der Waals surface area contributed by atoms with Gasteiger partial charge < -0.3 is 0 Å². The van der Waals surface area contributed by atoms with Gasteiger partial charge in [0.05, 0.1) is 0 Å². The first-order valence-corrected chi connectivity index (χ1v) is 6.38. The van der Waals surface area contributed by atoms with Crippen molar-refractivity contribution in [2.75, 3.05) is 5.88 Å². The number of hydrogen-bond donors (Lipinski definition) is 0. The summed E-state index contributed by atoms with van der Waals surface area (Å²) in [5.41, 5.74) is 1.79. The van der Waals surface area contributed by atoms with Crippen LogP contribution in [0.25, 0.3) is 0 Å². The highest BCUT2D eigenvalue weighted by molar-refractivity contribution is 9.10. The van der Waals surface area contributed by atoms with Crippen LogP contribution in [-0.4, -0.2) is 5.88 Å². The van der Waals surface area contributed by atoms with Crippen molar-refractivity contribution >= 4 is 27.5 Å². The van der Waals surface area contributed by atoms with Gasteiger partial charge in [-0.05, 0) is 36.3 Å². The molecule has 0 amide bonds. The van der Waals surface area contributed by atoms with Crippen LogP contribution in [-0.2, 0) is 6.42 Å². The molecule has 1 aromatic carbocycles. The molecule has 0 unspecified atom stereocenters. The summed E-state index contributed by atoms with van der Waals surface area (Å²) >= 11 is 9.64. The second-order valence-corrected chi connectivity index (χ2v) is 5.38. The molecule has 2 rings (SSSR count). The molecule has 0 saturated heterocycles. The average molecular weight is 274 g/mol. The Balaban J connectivity index is 2.13. The summed E-state index contributed by atoms with van der Waals surface area (Å²) in [5.74, 6) is 0.800. The molecule has 1 aliphatic carbocycles. The predicted octanol–water partition coefficient (Wildman–Crippen LogP) is 4.40. The van der Waals surface area contributed by atoms with Gasteiger partial charge in [-0.25, -0.2) is 0 Å². The van der Waals surface area contributed by atoms with E-state index < -0.39 is 0 Å². The molecule has 0 aromatic heterocycles. The van der Waals surface area contributed by atoms with Crippen molar-refractivity contribution in [1.29, 1.82) is 0 Å². The third kappa shape index (κ3) is 1.99. The fraction of sp³-hybridized carbons (Fsp3) is 0.500. The lowest BCUT2D eigenvalue weighted by Gasteiger charge is -2.40. The van der Waals surface area contributed by atoms with Crippen LogP contribution < -0.4 is 0 Å². The molecule has 1 aliphatic rings. The van der Waals surface area contributed by atoms with Gasteiger partial charge in [0.2, 0.25) is 0 Å². The third-order valence-electron chi connectivity index (χ3n) is 3.22. The van der Waals surface area contributed by atoms with E-state index >= 15 is 0 Å². The van der Waals surface area contributed by atoms with Crippen molar-refractivity contribution in [1.82, 2.24) is 0 Å². The van der Waals surface area contributed by atoms with Crippen molar-refractivity contribution < 1.29 is 0 Å². The number of halogens is 2. The van der Waals surface area contributed by atoms with Crippen LogP contribution in [0.15, 0.2) is 28.7 Å². The zero-order chi connectivity index (χ0) is 10.0. The summed E-state index contributed by atoms with van der Waals surface area (Å²) in [5, 5.41) is 0. The molecule has 0 N–H and O–H groups in total. The lowest BCUT2D eigenvalue weighted by molar-refractivity contribution is 0.166. The first-order valence-electron chi connectivity index (χ1n) is 5.05. The molecule has 0 bridgehead atoms. The van der Waals surface area contributed by atoms with Crippen molar-refractivity contribution in [3.8, 4) is 0 Å². The number of rotatable bonds is 3. The zero-order valence-electron chi connectivity index (χ0n) is 8.10. The van der Waals surface area contributed by atoms with Gasteiger partial charge in [-0.1, -0.05) is 40.5 Å². The first kappa shape index (κ1) is 10.5. The molecule has 1 fully saturated rings. The van der Waals surface area contributed by atoms with Crippen molar-refractivity contribution in [3.63, 3.8) is 0 Å². The van der Waals surface area contributed by atoms with E-state index in [1.54, 1.807) is 0 Å². The van der Waals surface area contributed by atoms with Gasteiger partial charge in [0.1, 0.15) is 0 Å². The fourth-order valence-corrected chi connectivity index (χ4v) is 2.87. The summed E-state index contributed by atoms with van der Waals surface area (Å²) < 4.78 is 1.22. The third-order valence-corrected chi connectivity index (χ3v) is 4.56. The van der Waals surface area contributed by atoms with E-state index in [1.807, 2.05) is 0 Å². The van der Waals surface area contributed by atoms with E-state index in [1.165, 1.54) is 29.3 Å². The van der Waals surface area contributed by atoms with Gasteiger partial charge in [0.15, 0.2) is 0 Å². The number of benzene rings is 1. The van der Waals surface area contributed by atoms with Gasteiger partial charge in [-0.3, -0.25) is 0 Å². The fourth-order valence-electron chi connectivity index (χ4n) is 2.08. The normalized spacial score (nSPS) is 19.0.